The molecule has 2 fully saturated rings. The number of rotatable bonds is 11. The average molecular weight is 358 g/mol. The van der Waals surface area contributed by atoms with Crippen LogP contribution in [0.3, 0.4) is 0 Å². The van der Waals surface area contributed by atoms with Crippen molar-refractivity contribution < 1.29 is 5.11 Å². The second-order valence-corrected chi connectivity index (χ2v) is 7.81. The van der Waals surface area contributed by atoms with Gasteiger partial charge in [0.15, 0.2) is 11.6 Å². The number of aliphatic hydroxyl groups is 1. The number of nitrogens with one attached hydrogen (secondary N) is 2. The summed E-state index contributed by atoms with van der Waals surface area (Å²) in [6.07, 6.45) is 14.1. The number of aromatic amines is 2. The molecule has 0 aromatic carbocycles. The van der Waals surface area contributed by atoms with Crippen molar-refractivity contribution >= 4 is 0 Å². The van der Waals surface area contributed by atoms with Gasteiger partial charge in [-0.25, -0.2) is 0 Å². The first-order valence-electron chi connectivity index (χ1n) is 9.55. The maximum atomic E-state index is 10.1. The van der Waals surface area contributed by atoms with Crippen molar-refractivity contribution in [2.75, 3.05) is 0 Å². The van der Waals surface area contributed by atoms with E-state index >= 15 is 0 Å². The van der Waals surface area contributed by atoms with Gasteiger partial charge in [0.1, 0.15) is 0 Å². The zero-order valence-corrected chi connectivity index (χ0v) is 14.9. The number of tetrazole rings is 2. The Morgan fingerprint density at radius 1 is 0.923 bits per heavy atom. The summed E-state index contributed by atoms with van der Waals surface area (Å²) < 4.78 is 0. The van der Waals surface area contributed by atoms with Gasteiger partial charge in [-0.2, -0.15) is 10.4 Å². The van der Waals surface area contributed by atoms with Crippen molar-refractivity contribution in [2.24, 2.45) is 0 Å². The van der Waals surface area contributed by atoms with Gasteiger partial charge in [0.2, 0.25) is 0 Å². The molecule has 0 spiro atoms. The van der Waals surface area contributed by atoms with Crippen molar-refractivity contribution in [1.29, 1.82) is 0 Å². The van der Waals surface area contributed by atoms with Crippen molar-refractivity contribution in [3.8, 4) is 0 Å². The number of aliphatic hydroxyl groups excluding tert-OH is 1. The fourth-order valence-electron chi connectivity index (χ4n) is 3.77. The van der Waals surface area contributed by atoms with Crippen molar-refractivity contribution in [3.05, 3.63) is 23.8 Å². The third kappa shape index (κ3) is 3.82. The minimum absolute atomic E-state index is 0.121. The van der Waals surface area contributed by atoms with E-state index in [4.69, 9.17) is 0 Å². The van der Waals surface area contributed by atoms with Gasteiger partial charge in [-0.3, -0.25) is 0 Å². The highest BCUT2D eigenvalue weighted by Crippen LogP contribution is 2.50. The molecule has 2 aliphatic rings. The van der Waals surface area contributed by atoms with E-state index < -0.39 is 0 Å². The van der Waals surface area contributed by atoms with Crippen LogP contribution >= 0.6 is 0 Å². The van der Waals surface area contributed by atoms with Crippen LogP contribution in [0.1, 0.15) is 75.9 Å². The molecular formula is C17H26N8O. The molecule has 2 aliphatic carbocycles. The summed E-state index contributed by atoms with van der Waals surface area (Å²) in [6.45, 7) is 0. The maximum absolute atomic E-state index is 10.1. The Labute approximate surface area is 152 Å². The predicted molar refractivity (Wildman–Crippen MR) is 93.0 cm³/mol. The summed E-state index contributed by atoms with van der Waals surface area (Å²) in [5, 5.41) is 39.1. The maximum Gasteiger partial charge on any atom is 0.180 e. The first kappa shape index (κ1) is 17.3. The fraction of sp³-hybridized carbons (Fsp3) is 0.765. The summed E-state index contributed by atoms with van der Waals surface area (Å²) in [6, 6.07) is 0. The average Bonchev–Trinajstić information content (AvgIpc) is 3.45. The van der Waals surface area contributed by atoms with Crippen LogP contribution in [0.15, 0.2) is 12.2 Å². The molecule has 26 heavy (non-hydrogen) atoms. The molecule has 4 rings (SSSR count). The molecule has 2 aromatic heterocycles. The van der Waals surface area contributed by atoms with Crippen LogP contribution in [0.4, 0.5) is 0 Å². The third-order valence-corrected chi connectivity index (χ3v) is 5.90. The molecule has 1 unspecified atom stereocenters. The Bertz CT molecular complexity index is 703. The SMILES string of the molecule is OC(/C=C/CCC1(c2nn[nH]n2)CC1)CCCCC1(c2nn[nH]n2)CC1. The largest absolute Gasteiger partial charge is 0.389 e. The second kappa shape index (κ2) is 7.22. The van der Waals surface area contributed by atoms with E-state index in [2.05, 4.69) is 47.3 Å². The fourth-order valence-corrected chi connectivity index (χ4v) is 3.77. The smallest absolute Gasteiger partial charge is 0.180 e. The summed E-state index contributed by atoms with van der Waals surface area (Å²) in [4.78, 5) is 0. The van der Waals surface area contributed by atoms with Gasteiger partial charge >= 0.3 is 0 Å². The van der Waals surface area contributed by atoms with E-state index in [9.17, 15) is 5.11 Å². The van der Waals surface area contributed by atoms with Crippen molar-refractivity contribution in [3.63, 3.8) is 0 Å². The lowest BCUT2D eigenvalue weighted by Crippen LogP contribution is -2.10. The molecule has 2 saturated carbocycles. The van der Waals surface area contributed by atoms with Crippen LogP contribution in [-0.4, -0.2) is 52.5 Å². The Morgan fingerprint density at radius 3 is 2.08 bits per heavy atom. The summed E-state index contributed by atoms with van der Waals surface area (Å²) in [5.74, 6) is 1.69. The van der Waals surface area contributed by atoms with E-state index in [1.54, 1.807) is 0 Å². The number of allylic oxidation sites excluding steroid dienone is 1. The first-order chi connectivity index (χ1) is 12.7. The zero-order valence-electron chi connectivity index (χ0n) is 14.9. The van der Waals surface area contributed by atoms with E-state index in [1.165, 1.54) is 0 Å². The lowest BCUT2D eigenvalue weighted by molar-refractivity contribution is 0.207. The van der Waals surface area contributed by atoms with Crippen LogP contribution in [0.25, 0.3) is 0 Å². The lowest BCUT2D eigenvalue weighted by atomic mass is 9.96. The van der Waals surface area contributed by atoms with E-state index in [-0.39, 0.29) is 16.9 Å². The van der Waals surface area contributed by atoms with Gasteiger partial charge in [0.25, 0.3) is 0 Å². The highest BCUT2D eigenvalue weighted by molar-refractivity contribution is 5.16. The molecule has 140 valence electrons. The van der Waals surface area contributed by atoms with Gasteiger partial charge in [0, 0.05) is 10.8 Å². The molecule has 0 amide bonds. The number of H-pyrrole nitrogens is 2. The van der Waals surface area contributed by atoms with Crippen LogP contribution < -0.4 is 0 Å². The molecule has 0 aliphatic heterocycles. The number of nitrogens with zero attached hydrogens (tertiary/aromatic N) is 6. The van der Waals surface area contributed by atoms with Gasteiger partial charge in [-0.15, -0.1) is 20.4 Å². The number of unbranched alkanes of at least 4 members (excludes halogenated alkanes) is 1. The van der Waals surface area contributed by atoms with Crippen LogP contribution in [0, 0.1) is 0 Å². The third-order valence-electron chi connectivity index (χ3n) is 5.90. The van der Waals surface area contributed by atoms with Gasteiger partial charge in [-0.05, 0) is 51.4 Å². The quantitative estimate of drug-likeness (QED) is 0.412. The predicted octanol–water partition coefficient (Wildman–Crippen LogP) is 1.73. The van der Waals surface area contributed by atoms with Crippen LogP contribution in [0.5, 0.6) is 0 Å². The monoisotopic (exact) mass is 358 g/mol. The topological polar surface area (TPSA) is 129 Å². The molecule has 2 aromatic rings. The Hall–Kier alpha value is -2.16. The zero-order chi connectivity index (χ0) is 17.9. The molecule has 1 atom stereocenters. The number of aromatic nitrogens is 8. The molecule has 9 heteroatoms. The van der Waals surface area contributed by atoms with E-state index in [1.807, 2.05) is 6.08 Å². The lowest BCUT2D eigenvalue weighted by Gasteiger charge is -2.11. The molecular weight excluding hydrogens is 332 g/mol. The van der Waals surface area contributed by atoms with E-state index in [0.717, 1.165) is 75.9 Å². The Balaban J connectivity index is 1.12. The highest BCUT2D eigenvalue weighted by Gasteiger charge is 2.47. The summed E-state index contributed by atoms with van der Waals surface area (Å²) in [5.41, 5.74) is 0.275. The van der Waals surface area contributed by atoms with E-state index in [0.29, 0.717) is 0 Å². The van der Waals surface area contributed by atoms with Crippen molar-refractivity contribution in [1.82, 2.24) is 41.2 Å². The standard InChI is InChI=1S/C17H26N8O/c26-13(5-1-3-7-16(9-10-16)14-18-22-23-19-14)6-2-4-8-17(11-12-17)15-20-24-25-21-15/h1,5,13,26H,2-4,6-12H2,(H,18,19,22,23)(H,20,21,24,25)/b5-1+. The molecule has 0 saturated heterocycles. The molecule has 2 heterocycles. The molecule has 0 bridgehead atoms. The normalized spacial score (nSPS) is 21.1. The van der Waals surface area contributed by atoms with Gasteiger partial charge < -0.3 is 5.11 Å². The molecule has 9 nitrogen and oxygen atoms in total. The van der Waals surface area contributed by atoms with Crippen molar-refractivity contribution in [2.45, 2.75) is 81.1 Å². The first-order valence-corrected chi connectivity index (χ1v) is 9.55. The minimum atomic E-state index is -0.365. The van der Waals surface area contributed by atoms with Crippen LogP contribution in [0.2, 0.25) is 0 Å². The van der Waals surface area contributed by atoms with Gasteiger partial charge in [0.05, 0.1) is 6.10 Å². The summed E-state index contributed by atoms with van der Waals surface area (Å²) >= 11 is 0. The molecule has 3 N–H and O–H groups in total. The number of hydrogen-bond donors (Lipinski definition) is 3. The molecule has 0 radical (unpaired) electrons. The van der Waals surface area contributed by atoms with Gasteiger partial charge in [-0.1, -0.05) is 35.4 Å². The Morgan fingerprint density at radius 2 is 1.54 bits per heavy atom. The highest BCUT2D eigenvalue weighted by atomic mass is 16.3. The van der Waals surface area contributed by atoms with Crippen LogP contribution in [-0.2, 0) is 10.8 Å². The summed E-state index contributed by atoms with van der Waals surface area (Å²) in [7, 11) is 0. The minimum Gasteiger partial charge on any atom is -0.389 e. The number of hydrogen-bond acceptors (Lipinski definition) is 7. The second-order valence-electron chi connectivity index (χ2n) is 7.81. The Kier molecular flexibility index (Phi) is 4.80.